The van der Waals surface area contributed by atoms with Crippen LogP contribution in [0.2, 0.25) is 0 Å². The van der Waals surface area contributed by atoms with E-state index in [1.807, 2.05) is 0 Å². The molecule has 0 heterocycles. The standard InChI is InChI=1S/C9H13FN2O.ClH/c10-6-1-2-9(13)7(5-6)8(12)3-4-11;/h1-2,5,8,13H,3-4,11-12H2;1H/t8-;/m0./s1. The highest BCUT2D eigenvalue weighted by molar-refractivity contribution is 5.85. The molecule has 0 amide bonds. The van der Waals surface area contributed by atoms with Crippen molar-refractivity contribution in [2.45, 2.75) is 12.5 Å². The van der Waals surface area contributed by atoms with Gasteiger partial charge in [0.05, 0.1) is 0 Å². The molecule has 0 unspecified atom stereocenters. The van der Waals surface area contributed by atoms with E-state index in [-0.39, 0.29) is 18.2 Å². The molecule has 0 saturated heterocycles. The molecule has 0 aliphatic heterocycles. The summed E-state index contributed by atoms with van der Waals surface area (Å²) in [4.78, 5) is 0. The number of phenolic OH excluding ortho intramolecular Hbond substituents is 1. The molecular formula is C9H14ClFN2O. The minimum Gasteiger partial charge on any atom is -0.508 e. The second-order valence-corrected chi connectivity index (χ2v) is 2.89. The van der Waals surface area contributed by atoms with Crippen LogP contribution in [0.25, 0.3) is 0 Å². The van der Waals surface area contributed by atoms with Gasteiger partial charge in [0, 0.05) is 11.6 Å². The van der Waals surface area contributed by atoms with Crippen molar-refractivity contribution in [2.75, 3.05) is 6.54 Å². The van der Waals surface area contributed by atoms with Gasteiger partial charge >= 0.3 is 0 Å². The van der Waals surface area contributed by atoms with Crippen LogP contribution < -0.4 is 11.5 Å². The Labute approximate surface area is 88.3 Å². The lowest BCUT2D eigenvalue weighted by Crippen LogP contribution is -2.15. The second-order valence-electron chi connectivity index (χ2n) is 2.89. The van der Waals surface area contributed by atoms with Crippen molar-refractivity contribution in [3.63, 3.8) is 0 Å². The largest absolute Gasteiger partial charge is 0.508 e. The van der Waals surface area contributed by atoms with Crippen molar-refractivity contribution in [1.29, 1.82) is 0 Å². The van der Waals surface area contributed by atoms with Crippen molar-refractivity contribution < 1.29 is 9.50 Å². The van der Waals surface area contributed by atoms with Gasteiger partial charge in [-0.15, -0.1) is 12.4 Å². The van der Waals surface area contributed by atoms with Gasteiger partial charge < -0.3 is 16.6 Å². The number of aromatic hydroxyl groups is 1. The van der Waals surface area contributed by atoms with Crippen LogP contribution in [0.3, 0.4) is 0 Å². The summed E-state index contributed by atoms with van der Waals surface area (Å²) in [5, 5.41) is 9.34. The van der Waals surface area contributed by atoms with Gasteiger partial charge in [0.2, 0.25) is 0 Å². The first-order valence-corrected chi connectivity index (χ1v) is 4.09. The van der Waals surface area contributed by atoms with Gasteiger partial charge in [0.25, 0.3) is 0 Å². The number of nitrogens with two attached hydrogens (primary N) is 2. The number of rotatable bonds is 3. The normalized spacial score (nSPS) is 11.9. The Hall–Kier alpha value is -0.840. The van der Waals surface area contributed by atoms with Gasteiger partial charge in [-0.1, -0.05) is 0 Å². The Bertz CT molecular complexity index is 296. The molecule has 5 heteroatoms. The van der Waals surface area contributed by atoms with Crippen LogP contribution in [0, 0.1) is 5.82 Å². The van der Waals surface area contributed by atoms with Crippen molar-refractivity contribution in [3.8, 4) is 5.75 Å². The van der Waals surface area contributed by atoms with Crippen LogP contribution in [0.4, 0.5) is 4.39 Å². The average Bonchev–Trinajstić information content (AvgIpc) is 2.09. The summed E-state index contributed by atoms with van der Waals surface area (Å²) in [6.45, 7) is 0.414. The third-order valence-electron chi connectivity index (χ3n) is 1.87. The number of hydrogen-bond donors (Lipinski definition) is 3. The van der Waals surface area contributed by atoms with Crippen molar-refractivity contribution in [1.82, 2.24) is 0 Å². The lowest BCUT2D eigenvalue weighted by Gasteiger charge is -2.12. The molecule has 1 aromatic carbocycles. The van der Waals surface area contributed by atoms with Gasteiger partial charge in [0.1, 0.15) is 11.6 Å². The summed E-state index contributed by atoms with van der Waals surface area (Å²) in [7, 11) is 0. The average molecular weight is 221 g/mol. The summed E-state index contributed by atoms with van der Waals surface area (Å²) in [6.07, 6.45) is 0.525. The Morgan fingerprint density at radius 2 is 2.07 bits per heavy atom. The first kappa shape index (κ1) is 13.2. The van der Waals surface area contributed by atoms with E-state index in [4.69, 9.17) is 11.5 Å². The van der Waals surface area contributed by atoms with E-state index in [0.717, 1.165) is 0 Å². The molecule has 5 N–H and O–H groups in total. The quantitative estimate of drug-likeness (QED) is 0.719. The third-order valence-corrected chi connectivity index (χ3v) is 1.87. The molecular weight excluding hydrogens is 207 g/mol. The molecule has 1 aromatic rings. The van der Waals surface area contributed by atoms with E-state index in [2.05, 4.69) is 0 Å². The minimum absolute atomic E-state index is 0. The lowest BCUT2D eigenvalue weighted by atomic mass is 10.0. The number of halogens is 2. The summed E-state index contributed by atoms with van der Waals surface area (Å²) in [5.74, 6) is -0.386. The van der Waals surface area contributed by atoms with E-state index in [1.165, 1.54) is 18.2 Å². The fourth-order valence-electron chi connectivity index (χ4n) is 1.16. The summed E-state index contributed by atoms with van der Waals surface area (Å²) in [5.41, 5.74) is 11.4. The molecule has 1 atom stereocenters. The molecule has 0 aliphatic rings. The predicted molar refractivity (Wildman–Crippen MR) is 55.9 cm³/mol. The Balaban J connectivity index is 0.00000169. The van der Waals surface area contributed by atoms with Gasteiger partial charge in [-0.25, -0.2) is 4.39 Å². The van der Waals surface area contributed by atoms with E-state index in [0.29, 0.717) is 18.5 Å². The predicted octanol–water partition coefficient (Wildman–Crippen LogP) is 1.30. The smallest absolute Gasteiger partial charge is 0.123 e. The van der Waals surface area contributed by atoms with Crippen LogP contribution in [0.1, 0.15) is 18.0 Å². The Morgan fingerprint density at radius 3 is 2.64 bits per heavy atom. The first-order chi connectivity index (χ1) is 6.15. The maximum atomic E-state index is 12.7. The zero-order valence-electron chi connectivity index (χ0n) is 7.61. The van der Waals surface area contributed by atoms with Crippen LogP contribution in [0.5, 0.6) is 5.75 Å². The van der Waals surface area contributed by atoms with Crippen molar-refractivity contribution in [2.24, 2.45) is 11.5 Å². The van der Waals surface area contributed by atoms with Crippen LogP contribution in [0.15, 0.2) is 18.2 Å². The summed E-state index contributed by atoms with van der Waals surface area (Å²) < 4.78 is 12.7. The zero-order valence-corrected chi connectivity index (χ0v) is 8.43. The number of phenols is 1. The molecule has 14 heavy (non-hydrogen) atoms. The van der Waals surface area contributed by atoms with E-state index >= 15 is 0 Å². The molecule has 0 bridgehead atoms. The summed E-state index contributed by atoms with van der Waals surface area (Å²) >= 11 is 0. The summed E-state index contributed by atoms with van der Waals surface area (Å²) in [6, 6.07) is 3.31. The maximum Gasteiger partial charge on any atom is 0.123 e. The Morgan fingerprint density at radius 1 is 1.43 bits per heavy atom. The monoisotopic (exact) mass is 220 g/mol. The van der Waals surface area contributed by atoms with E-state index < -0.39 is 11.9 Å². The molecule has 0 saturated carbocycles. The van der Waals surface area contributed by atoms with Gasteiger partial charge in [-0.3, -0.25) is 0 Å². The van der Waals surface area contributed by atoms with Crippen LogP contribution in [-0.2, 0) is 0 Å². The Kier molecular flexibility index (Phi) is 5.45. The molecule has 80 valence electrons. The highest BCUT2D eigenvalue weighted by Crippen LogP contribution is 2.24. The van der Waals surface area contributed by atoms with E-state index in [1.54, 1.807) is 0 Å². The van der Waals surface area contributed by atoms with Crippen molar-refractivity contribution >= 4 is 12.4 Å². The molecule has 0 aliphatic carbocycles. The highest BCUT2D eigenvalue weighted by Gasteiger charge is 2.10. The fraction of sp³-hybridized carbons (Fsp3) is 0.333. The number of benzene rings is 1. The SMILES string of the molecule is Cl.NCC[C@H](N)c1cc(F)ccc1O. The molecule has 1 rings (SSSR count). The number of hydrogen-bond acceptors (Lipinski definition) is 3. The molecule has 0 fully saturated rings. The molecule has 0 spiro atoms. The van der Waals surface area contributed by atoms with Crippen LogP contribution >= 0.6 is 12.4 Å². The minimum atomic E-state index is -0.403. The van der Waals surface area contributed by atoms with Crippen molar-refractivity contribution in [3.05, 3.63) is 29.6 Å². The molecule has 0 aromatic heterocycles. The van der Waals surface area contributed by atoms with Crippen LogP contribution in [-0.4, -0.2) is 11.7 Å². The zero-order chi connectivity index (χ0) is 9.84. The fourth-order valence-corrected chi connectivity index (χ4v) is 1.16. The molecule has 0 radical (unpaired) electrons. The lowest BCUT2D eigenvalue weighted by molar-refractivity contribution is 0.456. The first-order valence-electron chi connectivity index (χ1n) is 4.09. The second kappa shape index (κ2) is 5.80. The maximum absolute atomic E-state index is 12.7. The highest BCUT2D eigenvalue weighted by atomic mass is 35.5. The van der Waals surface area contributed by atoms with Gasteiger partial charge in [-0.2, -0.15) is 0 Å². The molecule has 3 nitrogen and oxygen atoms in total. The van der Waals surface area contributed by atoms with E-state index in [9.17, 15) is 9.50 Å². The van der Waals surface area contributed by atoms with Gasteiger partial charge in [-0.05, 0) is 31.2 Å². The topological polar surface area (TPSA) is 72.3 Å². The third kappa shape index (κ3) is 3.14. The van der Waals surface area contributed by atoms with Gasteiger partial charge in [0.15, 0.2) is 0 Å².